The minimum Gasteiger partial charge on any atom is -0.0724 e. The molecule has 4 heteroatoms. The maximum absolute atomic E-state index is 2.33. The summed E-state index contributed by atoms with van der Waals surface area (Å²) in [6.07, 6.45) is 0. The molecule has 0 rings (SSSR count). The average molecular weight is 311 g/mol. The normalized spacial score (nSPS) is 9.88. The molecule has 0 amide bonds. The van der Waals surface area contributed by atoms with Crippen molar-refractivity contribution in [3.05, 3.63) is 0 Å². The van der Waals surface area contributed by atoms with Crippen LogP contribution in [0.4, 0.5) is 0 Å². The van der Waals surface area contributed by atoms with Gasteiger partial charge in [-0.2, -0.15) is 0 Å². The van der Waals surface area contributed by atoms with Gasteiger partial charge in [-0.1, -0.05) is 85.1 Å². The minimum absolute atomic E-state index is 0.139. The first-order chi connectivity index (χ1) is 7.20. The van der Waals surface area contributed by atoms with Crippen molar-refractivity contribution in [3.63, 3.8) is 0 Å². The molecule has 0 saturated heterocycles. The van der Waals surface area contributed by atoms with Gasteiger partial charge in [-0.05, 0) is 0 Å². The average Bonchev–Trinajstić information content (AvgIpc) is 1.73. The summed E-state index contributed by atoms with van der Waals surface area (Å²) in [5.74, 6) is 0. The van der Waals surface area contributed by atoms with Gasteiger partial charge >= 0.3 is 0 Å². The Morgan fingerprint density at radius 3 is 0.412 bits per heavy atom. The lowest BCUT2D eigenvalue weighted by Crippen LogP contribution is -2.10. The molecular weight excluding hydrogens is 268 g/mol. The molecule has 0 radical (unpaired) electrons. The third kappa shape index (κ3) is 4950. The van der Waals surface area contributed by atoms with Crippen LogP contribution in [0.3, 0.4) is 0 Å². The highest BCUT2D eigenvalue weighted by atomic mass is 28.3. The predicted octanol–water partition coefficient (Wildman–Crippen LogP) is 5.26. The van der Waals surface area contributed by atoms with Gasteiger partial charge in [0.05, 0.1) is 0 Å². The summed E-state index contributed by atoms with van der Waals surface area (Å²) in [6.45, 7) is 30.1. The highest BCUT2D eigenvalue weighted by Crippen LogP contribution is 1.94. The van der Waals surface area contributed by atoms with Crippen molar-refractivity contribution in [1.29, 1.82) is 0 Å². The fourth-order valence-electron chi connectivity index (χ4n) is 0. The van der Waals surface area contributed by atoms with E-state index in [0.717, 1.165) is 0 Å². The summed E-state index contributed by atoms with van der Waals surface area (Å²) in [5.41, 5.74) is 0. The Morgan fingerprint density at radius 1 is 0.412 bits per heavy atom. The van der Waals surface area contributed by atoms with Crippen LogP contribution in [-0.4, -0.2) is 34.5 Å². The summed E-state index contributed by atoms with van der Waals surface area (Å²) in [5, 5.41) is 0. The Kier molecular flexibility index (Phi) is 26.2. The third-order valence-corrected chi connectivity index (χ3v) is 0. The second kappa shape index (κ2) is 16.9. The van der Waals surface area contributed by atoms with Crippen LogP contribution >= 0.6 is 0 Å². The molecule has 0 aliphatic rings. The van der Waals surface area contributed by atoms with Crippen LogP contribution in [0.15, 0.2) is 0 Å². The van der Waals surface area contributed by atoms with E-state index in [0.29, 0.717) is 0 Å². The third-order valence-electron chi connectivity index (χ3n) is 0. The predicted molar refractivity (Wildman–Crippen MR) is 103 cm³/mol. The fraction of sp³-hybridized carbons (Fsp3) is 1.00. The Balaban J connectivity index is -0.0000000667. The SMILES string of the molecule is C[SiH](C)C.C[SiH](C)C.C[SiH](C)C.C[Si](C)(C)C. The molecule has 0 aromatic rings. The van der Waals surface area contributed by atoms with Crippen molar-refractivity contribution in [2.24, 2.45) is 0 Å². The van der Waals surface area contributed by atoms with Crippen molar-refractivity contribution < 1.29 is 0 Å². The molecule has 0 bridgehead atoms. The van der Waals surface area contributed by atoms with E-state index in [1.54, 1.807) is 0 Å². The molecule has 0 heterocycles. The van der Waals surface area contributed by atoms with Crippen LogP contribution in [0, 0.1) is 0 Å². The van der Waals surface area contributed by atoms with Crippen LogP contribution in [0.25, 0.3) is 0 Å². The van der Waals surface area contributed by atoms with Crippen molar-refractivity contribution in [3.8, 4) is 0 Å². The Labute approximate surface area is 119 Å². The highest BCUT2D eigenvalue weighted by molar-refractivity contribution is 6.74. The molecule has 0 unspecified atom stereocenters. The molecule has 0 aliphatic carbocycles. The molecule has 110 valence electrons. The Morgan fingerprint density at radius 2 is 0.412 bits per heavy atom. The summed E-state index contributed by atoms with van der Waals surface area (Å²) in [6, 6.07) is 0. The number of hydrogen-bond acceptors (Lipinski definition) is 0. The second-order valence-electron chi connectivity index (χ2n) is 8.20. The van der Waals surface area contributed by atoms with Gasteiger partial charge < -0.3 is 0 Å². The van der Waals surface area contributed by atoms with Gasteiger partial charge in [0, 0.05) is 34.5 Å². The van der Waals surface area contributed by atoms with Gasteiger partial charge in [0.1, 0.15) is 0 Å². The summed E-state index contributed by atoms with van der Waals surface area (Å²) in [4.78, 5) is 0. The molecule has 0 aliphatic heterocycles. The van der Waals surface area contributed by atoms with Gasteiger partial charge in [0.2, 0.25) is 0 Å². The summed E-state index contributed by atoms with van der Waals surface area (Å²) < 4.78 is 0. The lowest BCUT2D eigenvalue weighted by molar-refractivity contribution is 1.71. The summed E-state index contributed by atoms with van der Waals surface area (Å²) in [7, 11) is -1.03. The van der Waals surface area contributed by atoms with Crippen LogP contribution in [0.2, 0.25) is 85.1 Å². The largest absolute Gasteiger partial charge is 0.0724 e. The first-order valence-corrected chi connectivity index (χ1v) is 21.6. The van der Waals surface area contributed by atoms with E-state index in [1.165, 1.54) is 0 Å². The van der Waals surface area contributed by atoms with E-state index in [-0.39, 0.29) is 26.4 Å². The molecule has 0 aromatic heterocycles. The second-order valence-corrected chi connectivity index (χ2v) is 24.6. The Bertz CT molecular complexity index is 86.5. The summed E-state index contributed by atoms with van der Waals surface area (Å²) >= 11 is 0. The lowest BCUT2D eigenvalue weighted by atomic mass is 11.8. The van der Waals surface area contributed by atoms with E-state index < -0.39 is 8.07 Å². The molecule has 0 spiro atoms. The molecule has 0 saturated carbocycles. The standard InChI is InChI=1S/C4H12Si.3C3H10Si/c1-5(2,3)4;3*1-4(2)3/h1-4H3;3*4H,1-3H3. The van der Waals surface area contributed by atoms with Gasteiger partial charge in [0.25, 0.3) is 0 Å². The van der Waals surface area contributed by atoms with E-state index in [9.17, 15) is 0 Å². The van der Waals surface area contributed by atoms with E-state index in [1.807, 2.05) is 0 Å². The maximum atomic E-state index is 2.33. The zero-order chi connectivity index (χ0) is 15.2. The van der Waals surface area contributed by atoms with Crippen molar-refractivity contribution in [1.82, 2.24) is 0 Å². The van der Waals surface area contributed by atoms with Crippen molar-refractivity contribution in [2.75, 3.05) is 0 Å². The van der Waals surface area contributed by atoms with Crippen LogP contribution < -0.4 is 0 Å². The van der Waals surface area contributed by atoms with E-state index in [4.69, 9.17) is 0 Å². The fourth-order valence-corrected chi connectivity index (χ4v) is 0. The monoisotopic (exact) mass is 310 g/mol. The molecule has 0 nitrogen and oxygen atoms in total. The van der Waals surface area contributed by atoms with Gasteiger partial charge in [0.15, 0.2) is 0 Å². The number of hydrogen-bond donors (Lipinski definition) is 0. The van der Waals surface area contributed by atoms with Gasteiger partial charge in [-0.25, -0.2) is 0 Å². The lowest BCUT2D eigenvalue weighted by Gasteiger charge is -2.01. The van der Waals surface area contributed by atoms with Crippen molar-refractivity contribution >= 4 is 34.5 Å². The zero-order valence-electron chi connectivity index (χ0n) is 15.2. The van der Waals surface area contributed by atoms with Crippen LogP contribution in [-0.2, 0) is 0 Å². The molecular formula is C13H42Si4. The van der Waals surface area contributed by atoms with Gasteiger partial charge in [-0.3, -0.25) is 0 Å². The molecule has 0 atom stereocenters. The topological polar surface area (TPSA) is 0 Å². The molecule has 0 aromatic carbocycles. The minimum atomic E-state index is -0.611. The first-order valence-electron chi connectivity index (χ1n) is 7.20. The quantitative estimate of drug-likeness (QED) is 0.535. The maximum Gasteiger partial charge on any atom is 0.0411 e. The highest BCUT2D eigenvalue weighted by Gasteiger charge is 1.99. The van der Waals surface area contributed by atoms with E-state index >= 15 is 0 Å². The number of rotatable bonds is 0. The molecule has 0 N–H and O–H groups in total. The molecule has 0 fully saturated rings. The smallest absolute Gasteiger partial charge is 0.0411 e. The van der Waals surface area contributed by atoms with Crippen LogP contribution in [0.1, 0.15) is 0 Å². The van der Waals surface area contributed by atoms with Gasteiger partial charge in [-0.15, -0.1) is 0 Å². The van der Waals surface area contributed by atoms with E-state index in [2.05, 4.69) is 85.1 Å². The van der Waals surface area contributed by atoms with Crippen molar-refractivity contribution in [2.45, 2.75) is 85.1 Å². The Hall–Kier alpha value is 0.868. The first kappa shape index (κ1) is 26.4. The van der Waals surface area contributed by atoms with Crippen LogP contribution in [0.5, 0.6) is 0 Å². The molecule has 17 heavy (non-hydrogen) atoms. The zero-order valence-corrected chi connectivity index (χ0v) is 19.7.